The van der Waals surface area contributed by atoms with Gasteiger partial charge in [0.15, 0.2) is 0 Å². The first-order chi connectivity index (χ1) is 10.6. The zero-order valence-electron chi connectivity index (χ0n) is 14.3. The first kappa shape index (κ1) is 18.5. The number of carbonyl (C=O) groups excluding carboxylic acids is 1. The van der Waals surface area contributed by atoms with Crippen LogP contribution in [-0.4, -0.2) is 25.7 Å². The standard InChI is InChI=1S/C18H29NO3/c1-5-7-11-22-13-16-12-15(9-10-17(16)21-4)18(20)19-14(3)8-6-2/h9-10,12,14H,5-8,11,13H2,1-4H3,(H,19,20)/t14-/m0/s1. The summed E-state index contributed by atoms with van der Waals surface area (Å²) in [6.45, 7) is 7.46. The van der Waals surface area contributed by atoms with E-state index in [9.17, 15) is 4.79 Å². The summed E-state index contributed by atoms with van der Waals surface area (Å²) in [5.41, 5.74) is 1.56. The molecule has 4 nitrogen and oxygen atoms in total. The first-order valence-corrected chi connectivity index (χ1v) is 8.17. The summed E-state index contributed by atoms with van der Waals surface area (Å²) in [6, 6.07) is 5.67. The van der Waals surface area contributed by atoms with Gasteiger partial charge in [0.1, 0.15) is 5.75 Å². The molecule has 22 heavy (non-hydrogen) atoms. The Kier molecular flexibility index (Phi) is 8.60. The van der Waals surface area contributed by atoms with Crippen molar-refractivity contribution in [1.82, 2.24) is 5.32 Å². The van der Waals surface area contributed by atoms with Crippen LogP contribution in [0, 0.1) is 0 Å². The lowest BCUT2D eigenvalue weighted by molar-refractivity contribution is 0.0937. The highest BCUT2D eigenvalue weighted by atomic mass is 16.5. The maximum absolute atomic E-state index is 12.3. The second kappa shape index (κ2) is 10.2. The zero-order valence-corrected chi connectivity index (χ0v) is 14.3. The number of hydrogen-bond donors (Lipinski definition) is 1. The van der Waals surface area contributed by atoms with Crippen LogP contribution in [0.2, 0.25) is 0 Å². The van der Waals surface area contributed by atoms with Crippen molar-refractivity contribution in [2.75, 3.05) is 13.7 Å². The van der Waals surface area contributed by atoms with E-state index in [-0.39, 0.29) is 11.9 Å². The predicted molar refractivity (Wildman–Crippen MR) is 89.4 cm³/mol. The lowest BCUT2D eigenvalue weighted by Crippen LogP contribution is -2.32. The van der Waals surface area contributed by atoms with Crippen LogP contribution in [0.25, 0.3) is 0 Å². The van der Waals surface area contributed by atoms with E-state index >= 15 is 0 Å². The van der Waals surface area contributed by atoms with Crippen LogP contribution in [0.4, 0.5) is 0 Å². The van der Waals surface area contributed by atoms with Crippen LogP contribution in [0.5, 0.6) is 5.75 Å². The Morgan fingerprint density at radius 1 is 1.27 bits per heavy atom. The zero-order chi connectivity index (χ0) is 16.4. The second-order valence-corrected chi connectivity index (χ2v) is 5.60. The van der Waals surface area contributed by atoms with Gasteiger partial charge in [-0.05, 0) is 38.0 Å². The van der Waals surface area contributed by atoms with Crippen molar-refractivity contribution < 1.29 is 14.3 Å². The summed E-state index contributed by atoms with van der Waals surface area (Å²) in [4.78, 5) is 12.3. The van der Waals surface area contributed by atoms with E-state index in [0.717, 1.165) is 43.6 Å². The molecule has 0 aromatic heterocycles. The molecule has 1 atom stereocenters. The molecule has 1 rings (SSSR count). The third-order valence-corrected chi connectivity index (χ3v) is 3.54. The van der Waals surface area contributed by atoms with Crippen molar-refractivity contribution in [1.29, 1.82) is 0 Å². The number of unbranched alkanes of at least 4 members (excludes halogenated alkanes) is 1. The normalized spacial score (nSPS) is 12.0. The van der Waals surface area contributed by atoms with Gasteiger partial charge in [-0.15, -0.1) is 0 Å². The molecule has 1 aromatic rings. The molecule has 0 saturated carbocycles. The minimum absolute atomic E-state index is 0.0431. The fraction of sp³-hybridized carbons (Fsp3) is 0.611. The van der Waals surface area contributed by atoms with E-state index in [1.165, 1.54) is 0 Å². The minimum atomic E-state index is -0.0431. The molecule has 1 aromatic carbocycles. The second-order valence-electron chi connectivity index (χ2n) is 5.60. The lowest BCUT2D eigenvalue weighted by atomic mass is 10.1. The average Bonchev–Trinajstić information content (AvgIpc) is 2.51. The third kappa shape index (κ3) is 6.06. The van der Waals surface area contributed by atoms with Crippen LogP contribution < -0.4 is 10.1 Å². The molecule has 0 aliphatic rings. The summed E-state index contributed by atoms with van der Waals surface area (Å²) in [7, 11) is 1.63. The molecule has 0 radical (unpaired) electrons. The van der Waals surface area contributed by atoms with Gasteiger partial charge in [-0.25, -0.2) is 0 Å². The van der Waals surface area contributed by atoms with Gasteiger partial charge in [-0.1, -0.05) is 26.7 Å². The van der Waals surface area contributed by atoms with Crippen molar-refractivity contribution in [3.05, 3.63) is 29.3 Å². The number of amides is 1. The van der Waals surface area contributed by atoms with Gasteiger partial charge in [0.05, 0.1) is 13.7 Å². The minimum Gasteiger partial charge on any atom is -0.496 e. The van der Waals surface area contributed by atoms with E-state index in [2.05, 4.69) is 19.2 Å². The molecule has 0 aliphatic heterocycles. The van der Waals surface area contributed by atoms with Crippen molar-refractivity contribution in [3.63, 3.8) is 0 Å². The Morgan fingerprint density at radius 2 is 2.05 bits per heavy atom. The molecule has 0 fully saturated rings. The number of nitrogens with one attached hydrogen (secondary N) is 1. The highest BCUT2D eigenvalue weighted by molar-refractivity contribution is 5.94. The molecule has 1 amide bonds. The molecule has 0 unspecified atom stereocenters. The van der Waals surface area contributed by atoms with Crippen molar-refractivity contribution >= 4 is 5.91 Å². The quantitative estimate of drug-likeness (QED) is 0.666. The monoisotopic (exact) mass is 307 g/mol. The Morgan fingerprint density at radius 3 is 2.68 bits per heavy atom. The highest BCUT2D eigenvalue weighted by Gasteiger charge is 2.12. The van der Waals surface area contributed by atoms with Gasteiger partial charge < -0.3 is 14.8 Å². The topological polar surface area (TPSA) is 47.6 Å². The number of methoxy groups -OCH3 is 1. The highest BCUT2D eigenvalue weighted by Crippen LogP contribution is 2.21. The molecule has 0 heterocycles. The molecule has 0 spiro atoms. The number of ether oxygens (including phenoxy) is 2. The van der Waals surface area contributed by atoms with Crippen molar-refractivity contribution in [3.8, 4) is 5.75 Å². The maximum Gasteiger partial charge on any atom is 0.251 e. The van der Waals surface area contributed by atoms with Crippen LogP contribution in [0.1, 0.15) is 62.4 Å². The van der Waals surface area contributed by atoms with Crippen molar-refractivity contribution in [2.24, 2.45) is 0 Å². The van der Waals surface area contributed by atoms with Gasteiger partial charge >= 0.3 is 0 Å². The molecular weight excluding hydrogens is 278 g/mol. The van der Waals surface area contributed by atoms with E-state index in [4.69, 9.17) is 9.47 Å². The summed E-state index contributed by atoms with van der Waals surface area (Å²) in [5.74, 6) is 0.716. The molecule has 0 bridgehead atoms. The summed E-state index contributed by atoms with van der Waals surface area (Å²) >= 11 is 0. The molecule has 0 saturated heterocycles. The van der Waals surface area contributed by atoms with Crippen LogP contribution in [0.3, 0.4) is 0 Å². The summed E-state index contributed by atoms with van der Waals surface area (Å²) in [6.07, 6.45) is 4.18. The Hall–Kier alpha value is -1.55. The van der Waals surface area contributed by atoms with Crippen LogP contribution >= 0.6 is 0 Å². The van der Waals surface area contributed by atoms with Gasteiger partial charge in [0, 0.05) is 23.8 Å². The number of carbonyl (C=O) groups is 1. The van der Waals surface area contributed by atoms with Crippen molar-refractivity contribution in [2.45, 2.75) is 59.1 Å². The smallest absolute Gasteiger partial charge is 0.251 e. The Bertz CT molecular complexity index is 460. The summed E-state index contributed by atoms with van der Waals surface area (Å²) in [5, 5.41) is 3.02. The fourth-order valence-electron chi connectivity index (χ4n) is 2.27. The lowest BCUT2D eigenvalue weighted by Gasteiger charge is -2.14. The van der Waals surface area contributed by atoms with Crippen LogP contribution in [0.15, 0.2) is 18.2 Å². The van der Waals surface area contributed by atoms with Gasteiger partial charge in [-0.2, -0.15) is 0 Å². The van der Waals surface area contributed by atoms with E-state index in [1.54, 1.807) is 13.2 Å². The van der Waals surface area contributed by atoms with E-state index < -0.39 is 0 Å². The Balaban J connectivity index is 2.73. The predicted octanol–water partition coefficient (Wildman–Crippen LogP) is 3.93. The van der Waals surface area contributed by atoms with Gasteiger partial charge in [0.2, 0.25) is 0 Å². The SMILES string of the molecule is CCCCOCc1cc(C(=O)N[C@@H](C)CCC)ccc1OC. The van der Waals surface area contributed by atoms with E-state index in [1.807, 2.05) is 19.1 Å². The van der Waals surface area contributed by atoms with Crippen LogP contribution in [-0.2, 0) is 11.3 Å². The number of rotatable bonds is 10. The summed E-state index contributed by atoms with van der Waals surface area (Å²) < 4.78 is 11.0. The Labute approximate surface area is 134 Å². The fourth-order valence-corrected chi connectivity index (χ4v) is 2.27. The third-order valence-electron chi connectivity index (χ3n) is 3.54. The number of benzene rings is 1. The largest absolute Gasteiger partial charge is 0.496 e. The molecule has 1 N–H and O–H groups in total. The van der Waals surface area contributed by atoms with E-state index in [0.29, 0.717) is 12.2 Å². The van der Waals surface area contributed by atoms with Gasteiger partial charge in [0.25, 0.3) is 5.91 Å². The first-order valence-electron chi connectivity index (χ1n) is 8.17. The molecule has 124 valence electrons. The molecule has 4 heteroatoms. The number of hydrogen-bond acceptors (Lipinski definition) is 3. The van der Waals surface area contributed by atoms with Gasteiger partial charge in [-0.3, -0.25) is 4.79 Å². The maximum atomic E-state index is 12.3. The average molecular weight is 307 g/mol. The molecular formula is C18H29NO3. The molecule has 0 aliphatic carbocycles.